The third kappa shape index (κ3) is 2.52. The van der Waals surface area contributed by atoms with Crippen LogP contribution in [-0.2, 0) is 9.59 Å². The van der Waals surface area contributed by atoms with E-state index in [1.807, 2.05) is 6.92 Å². The van der Waals surface area contributed by atoms with E-state index in [4.69, 9.17) is 10.2 Å². The predicted octanol–water partition coefficient (Wildman–Crippen LogP) is -0.875. The van der Waals surface area contributed by atoms with E-state index >= 15 is 0 Å². The highest BCUT2D eigenvalue weighted by molar-refractivity contribution is 5.97. The first-order valence-corrected chi connectivity index (χ1v) is 4.66. The number of hydrogen-bond donors (Lipinski definition) is 2. The minimum absolute atomic E-state index is 0.0810. The summed E-state index contributed by atoms with van der Waals surface area (Å²) in [5, 5.41) is 17.7. The molecule has 1 fully saturated rings. The lowest BCUT2D eigenvalue weighted by Gasteiger charge is -2.29. The van der Waals surface area contributed by atoms with E-state index in [0.29, 0.717) is 12.8 Å². The molecule has 1 unspecified atom stereocenters. The Morgan fingerprint density at radius 1 is 1.43 bits per heavy atom. The Labute approximate surface area is 82.3 Å². The summed E-state index contributed by atoms with van der Waals surface area (Å²) >= 11 is 0. The van der Waals surface area contributed by atoms with Crippen molar-refractivity contribution in [2.24, 2.45) is 5.92 Å². The van der Waals surface area contributed by atoms with Gasteiger partial charge in [0.05, 0.1) is 19.3 Å². The minimum atomic E-state index is -1.03. The van der Waals surface area contributed by atoms with Crippen molar-refractivity contribution in [1.82, 2.24) is 4.90 Å². The van der Waals surface area contributed by atoms with E-state index in [1.54, 1.807) is 0 Å². The standard InChI is InChI=1S/C9H15NO4/c1-6-2-8(13)10(9(14)3-6)4-7(12)5-11/h6-7,11-12H,2-5H2,1H3. The Morgan fingerprint density at radius 2 is 1.93 bits per heavy atom. The van der Waals surface area contributed by atoms with Gasteiger partial charge in [0.1, 0.15) is 0 Å². The Kier molecular flexibility index (Phi) is 3.60. The molecule has 1 saturated heterocycles. The van der Waals surface area contributed by atoms with E-state index in [1.165, 1.54) is 0 Å². The van der Waals surface area contributed by atoms with Gasteiger partial charge >= 0.3 is 0 Å². The molecule has 1 atom stereocenters. The van der Waals surface area contributed by atoms with Crippen LogP contribution in [0.15, 0.2) is 0 Å². The largest absolute Gasteiger partial charge is 0.394 e. The Hall–Kier alpha value is -0.940. The number of aliphatic hydroxyl groups is 2. The molecule has 0 aromatic rings. The van der Waals surface area contributed by atoms with E-state index in [-0.39, 0.29) is 24.3 Å². The summed E-state index contributed by atoms with van der Waals surface area (Å²) < 4.78 is 0. The topological polar surface area (TPSA) is 77.8 Å². The maximum absolute atomic E-state index is 11.4. The van der Waals surface area contributed by atoms with Gasteiger partial charge in [-0.3, -0.25) is 14.5 Å². The fourth-order valence-corrected chi connectivity index (χ4v) is 1.50. The molecular formula is C9H15NO4. The number of amides is 2. The van der Waals surface area contributed by atoms with Crippen molar-refractivity contribution in [3.8, 4) is 0 Å². The second-order valence-electron chi connectivity index (χ2n) is 3.75. The highest BCUT2D eigenvalue weighted by atomic mass is 16.3. The molecule has 0 radical (unpaired) electrons. The zero-order valence-electron chi connectivity index (χ0n) is 8.14. The number of carbonyl (C=O) groups is 2. The molecule has 1 rings (SSSR count). The molecular weight excluding hydrogens is 186 g/mol. The van der Waals surface area contributed by atoms with Gasteiger partial charge in [-0.25, -0.2) is 0 Å². The van der Waals surface area contributed by atoms with E-state index < -0.39 is 12.7 Å². The summed E-state index contributed by atoms with van der Waals surface area (Å²) in [7, 11) is 0. The van der Waals surface area contributed by atoms with E-state index in [9.17, 15) is 9.59 Å². The number of likely N-dealkylation sites (tertiary alicyclic amines) is 1. The molecule has 0 spiro atoms. The first-order valence-electron chi connectivity index (χ1n) is 4.66. The second kappa shape index (κ2) is 4.52. The van der Waals surface area contributed by atoms with Crippen molar-refractivity contribution in [2.45, 2.75) is 25.9 Å². The molecule has 1 aliphatic heterocycles. The molecule has 2 amide bonds. The number of nitrogens with zero attached hydrogens (tertiary/aromatic N) is 1. The van der Waals surface area contributed by atoms with Crippen molar-refractivity contribution >= 4 is 11.8 Å². The fourth-order valence-electron chi connectivity index (χ4n) is 1.50. The smallest absolute Gasteiger partial charge is 0.229 e. The van der Waals surface area contributed by atoms with Crippen LogP contribution in [0.25, 0.3) is 0 Å². The van der Waals surface area contributed by atoms with Crippen molar-refractivity contribution in [2.75, 3.05) is 13.2 Å². The molecule has 1 heterocycles. The van der Waals surface area contributed by atoms with Crippen LogP contribution in [0.4, 0.5) is 0 Å². The van der Waals surface area contributed by atoms with Gasteiger partial charge in [0.15, 0.2) is 0 Å². The molecule has 14 heavy (non-hydrogen) atoms. The lowest BCUT2D eigenvalue weighted by atomic mass is 9.97. The van der Waals surface area contributed by atoms with Gasteiger partial charge in [0.25, 0.3) is 0 Å². The SMILES string of the molecule is CC1CC(=O)N(CC(O)CO)C(=O)C1. The Morgan fingerprint density at radius 3 is 2.36 bits per heavy atom. The summed E-state index contributed by atoms with van der Waals surface area (Å²) in [6, 6.07) is 0. The summed E-state index contributed by atoms with van der Waals surface area (Å²) in [4.78, 5) is 23.8. The van der Waals surface area contributed by atoms with Crippen molar-refractivity contribution in [1.29, 1.82) is 0 Å². The number of imide groups is 1. The van der Waals surface area contributed by atoms with Gasteiger partial charge in [0.2, 0.25) is 11.8 Å². The summed E-state index contributed by atoms with van der Waals surface area (Å²) in [6.07, 6.45) is -0.357. The molecule has 80 valence electrons. The zero-order chi connectivity index (χ0) is 10.7. The number of hydrogen-bond acceptors (Lipinski definition) is 4. The highest BCUT2D eigenvalue weighted by Crippen LogP contribution is 2.18. The first kappa shape index (κ1) is 11.1. The van der Waals surface area contributed by atoms with Gasteiger partial charge in [-0.1, -0.05) is 6.92 Å². The summed E-state index contributed by atoms with van der Waals surface area (Å²) in [5.41, 5.74) is 0. The maximum atomic E-state index is 11.4. The number of carbonyl (C=O) groups excluding carboxylic acids is 2. The summed E-state index contributed by atoms with van der Waals surface area (Å²) in [6.45, 7) is 1.31. The first-order chi connectivity index (χ1) is 6.54. The average molecular weight is 201 g/mol. The quantitative estimate of drug-likeness (QED) is 0.581. The predicted molar refractivity (Wildman–Crippen MR) is 48.2 cm³/mol. The van der Waals surface area contributed by atoms with Gasteiger partial charge < -0.3 is 10.2 Å². The lowest BCUT2D eigenvalue weighted by molar-refractivity contribution is -0.151. The summed E-state index contributed by atoms with van der Waals surface area (Å²) in [5.74, 6) is -0.444. The Bertz CT molecular complexity index is 223. The van der Waals surface area contributed by atoms with Crippen LogP contribution in [0.2, 0.25) is 0 Å². The van der Waals surface area contributed by atoms with E-state index in [2.05, 4.69) is 0 Å². The number of aliphatic hydroxyl groups excluding tert-OH is 2. The lowest BCUT2D eigenvalue weighted by Crippen LogP contribution is -2.47. The van der Waals surface area contributed by atoms with Crippen molar-refractivity contribution in [3.63, 3.8) is 0 Å². The molecule has 2 N–H and O–H groups in total. The third-order valence-electron chi connectivity index (χ3n) is 2.25. The second-order valence-corrected chi connectivity index (χ2v) is 3.75. The highest BCUT2D eigenvalue weighted by Gasteiger charge is 2.31. The maximum Gasteiger partial charge on any atom is 0.229 e. The zero-order valence-corrected chi connectivity index (χ0v) is 8.14. The van der Waals surface area contributed by atoms with Crippen LogP contribution in [0.5, 0.6) is 0 Å². The van der Waals surface area contributed by atoms with Crippen LogP contribution >= 0.6 is 0 Å². The van der Waals surface area contributed by atoms with Crippen LogP contribution in [-0.4, -0.2) is 46.2 Å². The molecule has 0 aliphatic carbocycles. The normalized spacial score (nSPS) is 21.5. The van der Waals surface area contributed by atoms with Crippen molar-refractivity contribution < 1.29 is 19.8 Å². The number of piperidine rings is 1. The molecule has 1 aliphatic rings. The molecule has 5 heteroatoms. The van der Waals surface area contributed by atoms with Crippen LogP contribution < -0.4 is 0 Å². The van der Waals surface area contributed by atoms with Crippen LogP contribution in [0.3, 0.4) is 0 Å². The minimum Gasteiger partial charge on any atom is -0.394 e. The third-order valence-corrected chi connectivity index (χ3v) is 2.25. The molecule has 0 aromatic carbocycles. The average Bonchev–Trinajstić information content (AvgIpc) is 2.10. The number of rotatable bonds is 3. The van der Waals surface area contributed by atoms with Gasteiger partial charge in [-0.2, -0.15) is 0 Å². The van der Waals surface area contributed by atoms with Crippen LogP contribution in [0, 0.1) is 5.92 Å². The fraction of sp³-hybridized carbons (Fsp3) is 0.778. The van der Waals surface area contributed by atoms with Crippen LogP contribution in [0.1, 0.15) is 19.8 Å². The molecule has 0 saturated carbocycles. The van der Waals surface area contributed by atoms with Crippen molar-refractivity contribution in [3.05, 3.63) is 0 Å². The van der Waals surface area contributed by atoms with E-state index in [0.717, 1.165) is 4.90 Å². The molecule has 0 aromatic heterocycles. The molecule has 0 bridgehead atoms. The van der Waals surface area contributed by atoms with Gasteiger partial charge in [0, 0.05) is 12.8 Å². The number of β-amino-alcohol motifs (C(OH)–C–C–N with tert-alkyl or cyclic N) is 1. The monoisotopic (exact) mass is 201 g/mol. The van der Waals surface area contributed by atoms with Gasteiger partial charge in [-0.15, -0.1) is 0 Å². The Balaban J connectivity index is 2.59. The molecule has 5 nitrogen and oxygen atoms in total. The van der Waals surface area contributed by atoms with Gasteiger partial charge in [-0.05, 0) is 5.92 Å².